The Morgan fingerprint density at radius 3 is 0.824 bits per heavy atom. The molecule has 1 unspecified atom stereocenters. The zero-order chi connectivity index (χ0) is 91.7. The third-order valence-corrected chi connectivity index (χ3v) is 33.8. The predicted octanol–water partition coefficient (Wildman–Crippen LogP) is 18.4. The fraction of sp³-hybridized carbons (Fsp3) is 0.379. The fourth-order valence-corrected chi connectivity index (χ4v) is 28.1. The van der Waals surface area contributed by atoms with E-state index in [2.05, 4.69) is 417 Å². The fourth-order valence-electron chi connectivity index (χ4n) is 28.1. The van der Waals surface area contributed by atoms with E-state index in [4.69, 9.17) is 0 Å². The summed E-state index contributed by atoms with van der Waals surface area (Å²) in [5.41, 5.74) is 30.7. The van der Waals surface area contributed by atoms with E-state index in [9.17, 15) is 0 Å². The molecule has 1 atom stereocenters. The maximum absolute atomic E-state index is 2.67. The van der Waals surface area contributed by atoms with Gasteiger partial charge < -0.3 is 0 Å². The molecule has 0 saturated carbocycles. The zero-order valence-electron chi connectivity index (χ0n) is 81.4. The van der Waals surface area contributed by atoms with Crippen molar-refractivity contribution in [2.24, 2.45) is 0 Å². The zero-order valence-corrected chi connectivity index (χ0v) is 81.4. The highest BCUT2D eigenvalue weighted by atomic mass is 15.7. The van der Waals surface area contributed by atoms with Crippen LogP contribution in [0, 0.1) is 62.3 Å². The van der Waals surface area contributed by atoms with Crippen molar-refractivity contribution >= 4 is 104 Å². The molecule has 684 valence electrons. The highest BCUT2D eigenvalue weighted by Crippen LogP contribution is 2.50. The molecule has 25 heterocycles. The van der Waals surface area contributed by atoms with Crippen molar-refractivity contribution in [3.8, 4) is 11.3 Å². The first-order valence-electron chi connectivity index (χ1n) is 51.4. The summed E-state index contributed by atoms with van der Waals surface area (Å²) >= 11 is 0. The number of rotatable bonds is 1. The molecule has 0 bridgehead atoms. The Kier molecular flexibility index (Phi) is 19.0. The number of hydrogen-bond donors (Lipinski definition) is 0. The summed E-state index contributed by atoms with van der Waals surface area (Å²) in [6.07, 6.45) is 42.2. The molecule has 15 aromatic rings. The van der Waals surface area contributed by atoms with Gasteiger partial charge in [0.2, 0.25) is 11.4 Å². The topological polar surface area (TPSA) is 79.4 Å². The minimum absolute atomic E-state index is 0.220. The van der Waals surface area contributed by atoms with E-state index in [-0.39, 0.29) is 23.6 Å². The molecule has 10 aromatic heterocycles. The van der Waals surface area contributed by atoms with Gasteiger partial charge in [-0.1, -0.05) is 97.1 Å². The first-order chi connectivity index (χ1) is 66.5. The first kappa shape index (κ1) is 83.2. The van der Waals surface area contributed by atoms with Crippen LogP contribution in [0.1, 0.15) is 238 Å². The molecule has 0 radical (unpaired) electrons. The summed E-state index contributed by atoms with van der Waals surface area (Å²) in [4.78, 5) is 0. The lowest BCUT2D eigenvalue weighted by atomic mass is 9.95. The van der Waals surface area contributed by atoms with Crippen LogP contribution < -0.4 is 0 Å². The lowest BCUT2D eigenvalue weighted by molar-refractivity contribution is -0.861. The summed E-state index contributed by atoms with van der Waals surface area (Å²) in [6, 6.07) is 74.3. The van der Waals surface area contributed by atoms with Gasteiger partial charge in [-0.25, -0.2) is 0 Å². The quantitative estimate of drug-likeness (QED) is 0.116. The molecule has 5 spiro atoms. The molecule has 5 saturated heterocycles. The monoisotopic (exact) mass is 1800 g/mol. The maximum Gasteiger partial charge on any atom is 0.542 e. The van der Waals surface area contributed by atoms with E-state index in [0.29, 0.717) is 0 Å². The van der Waals surface area contributed by atoms with Crippen molar-refractivity contribution in [3.63, 3.8) is 0 Å². The van der Waals surface area contributed by atoms with Gasteiger partial charge >= 0.3 is 29.6 Å². The first-order valence-corrected chi connectivity index (χ1v) is 51.4. The second kappa shape index (κ2) is 31.1. The molecule has 15 aliphatic heterocycles. The normalized spacial score (nSPS) is 20.6. The third kappa shape index (κ3) is 11.1. The standard InChI is InChI=1S/C32H30N4.C27H28N4.C21H28N4.C19H24N4.C17H20N4/c1-23-14-15-25-21-33-18-8-2-3-9-19-34-22-26-16-17-31(36(26)32(33,34)35(23)25)30-20-24-10-4-5-11-27(24)28-12-6-7-13-29(28)30;1-19-21-11-5-7-13-23(21)25-17-28-15-9-3-4-10-16-29-18-26-24-14-8-6-12-22(24)20(2)31(26)27(28,29)30(19)25;1-15-9-11-19-17(3)22-13-7-5-6-8-14-23-18(4)20-12-10-16(2)25(20)21(22,23)24(15)19;1-15-7-9-17-13-20-11-5-3-4-6-12-21-14-18-10-8-16(2)23(18)19(20,21)22(15)17;1-13-5-7-15-11-18-9-3-4-10-19-12-16-8-6-14(2)21(16)17(18,19)20(13)15/h4-7,10-17,20-22H,2-3,8-9,18-19H2,1H3;5-8,11-14,17-18H,3-4,9-10,15-16H2,1-2H3;9-12H,5-8,13-14H2,1-4H3;7-10,13-14H,3-6,11-12H2,1-2H3;5-8,11-12H,3-4,9-10H2,1-2H3/q5*+2. The van der Waals surface area contributed by atoms with Gasteiger partial charge in [-0.3, -0.25) is 0 Å². The van der Waals surface area contributed by atoms with Crippen molar-refractivity contribution in [1.82, 2.24) is 45.7 Å². The Labute approximate surface area is 797 Å². The molecule has 0 N–H and O–H groups in total. The van der Waals surface area contributed by atoms with E-state index >= 15 is 0 Å². The molecule has 30 rings (SSSR count). The van der Waals surface area contributed by atoms with Crippen molar-refractivity contribution in [1.29, 1.82) is 0 Å². The molecular formula is C116H130N20+10. The number of aromatic nitrogens is 10. The van der Waals surface area contributed by atoms with Gasteiger partial charge in [0.05, 0.1) is 5.69 Å². The predicted molar refractivity (Wildman–Crippen MR) is 545 cm³/mol. The van der Waals surface area contributed by atoms with Crippen molar-refractivity contribution < 1.29 is 45.8 Å². The molecule has 136 heavy (non-hydrogen) atoms. The number of nitrogens with zero attached hydrogens (tertiary/aromatic N) is 20. The van der Waals surface area contributed by atoms with Crippen LogP contribution in [0.25, 0.3) is 54.3 Å². The van der Waals surface area contributed by atoms with Crippen LogP contribution in [0.2, 0.25) is 0 Å². The van der Waals surface area contributed by atoms with Gasteiger partial charge in [0.1, 0.15) is 56.9 Å². The van der Waals surface area contributed by atoms with Gasteiger partial charge in [0.15, 0.2) is 115 Å². The SMILES string of the molecule is CC1=[N+]2CCCCCC[N+]3=C(C)c4ccc(C)n4C23n2c(C)ccc21.Cc1c2ccccc2c2n1C13n4c(C)c5ccccc5c4C=[N+]1CCCCCC[N+]3=C2.Cc1ccc2n1C13n4c(C)ccc4C=[N+]1CCCCCC[N+]3=C2.Cc1ccc2n1C13n4c(C)ccc4C=[N+]1CCCC[N+]3=C2.Cc1ccc2n1C13n4c(ccc4-c4cc5ccccc5c5ccccc45)C=[N+]1CCCCCC[N+]3=C2. The van der Waals surface area contributed by atoms with Crippen LogP contribution in [0.15, 0.2) is 200 Å². The Balaban J connectivity index is 0.0000000894. The van der Waals surface area contributed by atoms with Crippen LogP contribution in [0.4, 0.5) is 0 Å². The lowest BCUT2D eigenvalue weighted by Crippen LogP contribution is -2.56. The Hall–Kier alpha value is -13.4. The average Bonchev–Trinajstić information content (AvgIpc) is 1.50. The van der Waals surface area contributed by atoms with Gasteiger partial charge in [-0.2, -0.15) is 45.7 Å². The Bertz CT molecular complexity index is 7630. The van der Waals surface area contributed by atoms with Crippen LogP contribution in [-0.2, 0) is 29.6 Å². The smallest absolute Gasteiger partial charge is 0.199 e. The highest BCUT2D eigenvalue weighted by Gasteiger charge is 2.72. The molecule has 20 nitrogen and oxygen atoms in total. The average molecular weight is 1800 g/mol. The minimum Gasteiger partial charge on any atom is -0.199 e. The van der Waals surface area contributed by atoms with Crippen LogP contribution in [0.5, 0.6) is 0 Å². The second-order valence-corrected chi connectivity index (χ2v) is 41.4. The summed E-state index contributed by atoms with van der Waals surface area (Å²) in [5, 5.41) is 10.7. The maximum atomic E-state index is 2.67. The van der Waals surface area contributed by atoms with Crippen molar-refractivity contribution in [2.45, 2.75) is 221 Å². The van der Waals surface area contributed by atoms with Gasteiger partial charge in [0.25, 0.3) is 0 Å². The van der Waals surface area contributed by atoms with Crippen LogP contribution in [-0.4, -0.2) is 218 Å². The van der Waals surface area contributed by atoms with Gasteiger partial charge in [-0.15, -0.1) is 45.8 Å². The minimum atomic E-state index is -0.409. The number of aryl methyl sites for hydroxylation is 9. The Morgan fingerprint density at radius 2 is 0.456 bits per heavy atom. The van der Waals surface area contributed by atoms with Crippen molar-refractivity contribution in [3.05, 3.63) is 308 Å². The van der Waals surface area contributed by atoms with E-state index in [1.807, 2.05) is 0 Å². The summed E-state index contributed by atoms with van der Waals surface area (Å²) in [6.45, 7) is 35.9. The molecule has 5 fully saturated rings. The van der Waals surface area contributed by atoms with Gasteiger partial charge in [-0.05, 0) is 238 Å². The number of hydrogen-bond acceptors (Lipinski definition) is 0. The molecule has 5 aromatic carbocycles. The van der Waals surface area contributed by atoms with Crippen LogP contribution >= 0.6 is 0 Å². The molecular weight excluding hydrogens is 1670 g/mol. The third-order valence-electron chi connectivity index (χ3n) is 33.8. The number of benzene rings is 5. The molecule has 20 heteroatoms. The highest BCUT2D eigenvalue weighted by molar-refractivity contribution is 6.14. The van der Waals surface area contributed by atoms with Crippen LogP contribution in [0.3, 0.4) is 0 Å². The largest absolute Gasteiger partial charge is 0.542 e. The Morgan fingerprint density at radius 1 is 0.199 bits per heavy atom. The lowest BCUT2D eigenvalue weighted by Gasteiger charge is -2.26. The van der Waals surface area contributed by atoms with E-state index < -0.39 is 5.91 Å². The van der Waals surface area contributed by atoms with Gasteiger partial charge in [0, 0.05) is 156 Å². The molecule has 0 amide bonds. The summed E-state index contributed by atoms with van der Waals surface area (Å²) in [5.74, 6) is -1.49. The van der Waals surface area contributed by atoms with E-state index in [1.165, 1.54) is 290 Å². The second-order valence-electron chi connectivity index (χ2n) is 41.4. The summed E-state index contributed by atoms with van der Waals surface area (Å²) in [7, 11) is 0. The van der Waals surface area contributed by atoms with E-state index in [0.717, 1.165) is 65.4 Å². The molecule has 15 aliphatic rings. The molecule has 0 aliphatic carbocycles. The van der Waals surface area contributed by atoms with E-state index in [1.54, 1.807) is 0 Å². The number of fused-ring (bicyclic) bond motifs is 17. The summed E-state index contributed by atoms with van der Waals surface area (Å²) < 4.78 is 51.7. The van der Waals surface area contributed by atoms with Crippen molar-refractivity contribution in [2.75, 3.05) is 65.4 Å².